The molecular formula is C15H17N3O2. The van der Waals surface area contributed by atoms with E-state index in [4.69, 9.17) is 4.74 Å². The molecule has 5 nitrogen and oxygen atoms in total. The summed E-state index contributed by atoms with van der Waals surface area (Å²) in [5.74, 6) is 0.505. The molecule has 4 rings (SSSR count). The molecule has 0 unspecified atom stereocenters. The fourth-order valence-electron chi connectivity index (χ4n) is 3.29. The molecule has 2 heterocycles. The van der Waals surface area contributed by atoms with Gasteiger partial charge in [-0.1, -0.05) is 0 Å². The lowest BCUT2D eigenvalue weighted by Gasteiger charge is -2.39. The van der Waals surface area contributed by atoms with Crippen LogP contribution in [-0.2, 0) is 11.8 Å². The second-order valence-corrected chi connectivity index (χ2v) is 5.74. The number of ether oxygens (including phenoxy) is 1. The first-order chi connectivity index (χ1) is 9.72. The van der Waals surface area contributed by atoms with E-state index in [-0.39, 0.29) is 11.9 Å². The molecule has 104 valence electrons. The monoisotopic (exact) mass is 271 g/mol. The first kappa shape index (κ1) is 11.9. The number of carbonyl (C=O) groups excluding carboxylic acids is 1. The standard InChI is InChI=1S/C15H17N3O2/c1-18-8-16-12-6-9(2-3-13(12)18)15(19)17-11-7-14-10(11)4-5-20-14/h2-3,6,8,10-11,14H,4-5,7H2,1H3,(H,17,19)/t10-,11+,14+/m0/s1. The van der Waals surface area contributed by atoms with Gasteiger partial charge in [0, 0.05) is 31.2 Å². The van der Waals surface area contributed by atoms with Crippen LogP contribution in [0.25, 0.3) is 11.0 Å². The van der Waals surface area contributed by atoms with Crippen molar-refractivity contribution in [3.8, 4) is 0 Å². The molecule has 1 aliphatic heterocycles. The summed E-state index contributed by atoms with van der Waals surface area (Å²) in [7, 11) is 1.95. The number of rotatable bonds is 2. The molecule has 1 aromatic carbocycles. The van der Waals surface area contributed by atoms with E-state index in [9.17, 15) is 4.79 Å². The summed E-state index contributed by atoms with van der Waals surface area (Å²) >= 11 is 0. The quantitative estimate of drug-likeness (QED) is 0.900. The lowest BCUT2D eigenvalue weighted by molar-refractivity contribution is 0.00810. The van der Waals surface area contributed by atoms with Crippen LogP contribution in [0, 0.1) is 5.92 Å². The van der Waals surface area contributed by atoms with Gasteiger partial charge in [-0.25, -0.2) is 4.98 Å². The Morgan fingerprint density at radius 3 is 3.25 bits per heavy atom. The molecule has 20 heavy (non-hydrogen) atoms. The predicted octanol–water partition coefficient (Wildman–Crippen LogP) is 1.48. The minimum absolute atomic E-state index is 0.00657. The van der Waals surface area contributed by atoms with Crippen LogP contribution in [0.2, 0.25) is 0 Å². The highest BCUT2D eigenvalue weighted by Crippen LogP contribution is 2.38. The Hall–Kier alpha value is -1.88. The van der Waals surface area contributed by atoms with Gasteiger partial charge in [-0.2, -0.15) is 0 Å². The van der Waals surface area contributed by atoms with E-state index in [2.05, 4.69) is 10.3 Å². The van der Waals surface area contributed by atoms with Gasteiger partial charge in [-0.3, -0.25) is 4.79 Å². The van der Waals surface area contributed by atoms with E-state index < -0.39 is 0 Å². The van der Waals surface area contributed by atoms with Gasteiger partial charge in [-0.15, -0.1) is 0 Å². The molecule has 1 saturated heterocycles. The molecule has 1 N–H and O–H groups in total. The number of nitrogens with one attached hydrogen (secondary N) is 1. The molecule has 2 aromatic rings. The van der Waals surface area contributed by atoms with Gasteiger partial charge in [0.15, 0.2) is 0 Å². The summed E-state index contributed by atoms with van der Waals surface area (Å²) in [6, 6.07) is 5.93. The van der Waals surface area contributed by atoms with Gasteiger partial charge in [0.1, 0.15) is 0 Å². The molecule has 2 aliphatic rings. The van der Waals surface area contributed by atoms with Gasteiger partial charge in [0.05, 0.1) is 23.5 Å². The van der Waals surface area contributed by atoms with Crippen molar-refractivity contribution in [3.05, 3.63) is 30.1 Å². The van der Waals surface area contributed by atoms with Crippen LogP contribution < -0.4 is 5.32 Å². The van der Waals surface area contributed by atoms with E-state index >= 15 is 0 Å². The van der Waals surface area contributed by atoms with E-state index in [0.29, 0.717) is 17.6 Å². The van der Waals surface area contributed by atoms with E-state index in [1.165, 1.54) is 0 Å². The summed E-state index contributed by atoms with van der Waals surface area (Å²) in [4.78, 5) is 16.6. The summed E-state index contributed by atoms with van der Waals surface area (Å²) in [5, 5.41) is 3.12. The average molecular weight is 271 g/mol. The van der Waals surface area contributed by atoms with Crippen molar-refractivity contribution in [1.29, 1.82) is 0 Å². The Kier molecular flexibility index (Phi) is 2.57. The van der Waals surface area contributed by atoms with Crippen LogP contribution in [0.15, 0.2) is 24.5 Å². The Labute approximate surface area is 116 Å². The number of aryl methyl sites for hydroxylation is 1. The topological polar surface area (TPSA) is 56.2 Å². The number of amides is 1. The molecule has 1 saturated carbocycles. The smallest absolute Gasteiger partial charge is 0.251 e. The number of nitrogens with zero attached hydrogens (tertiary/aromatic N) is 2. The Morgan fingerprint density at radius 1 is 1.50 bits per heavy atom. The molecule has 0 spiro atoms. The van der Waals surface area contributed by atoms with E-state index in [1.807, 2.05) is 29.8 Å². The van der Waals surface area contributed by atoms with Crippen LogP contribution in [0.4, 0.5) is 0 Å². The number of aromatic nitrogens is 2. The number of imidazole rings is 1. The second-order valence-electron chi connectivity index (χ2n) is 5.74. The Bertz CT molecular complexity index is 679. The van der Waals surface area contributed by atoms with Gasteiger partial charge in [0.2, 0.25) is 0 Å². The molecular weight excluding hydrogens is 254 g/mol. The van der Waals surface area contributed by atoms with Crippen molar-refractivity contribution >= 4 is 16.9 Å². The molecule has 0 radical (unpaired) electrons. The van der Waals surface area contributed by atoms with Crippen LogP contribution in [0.1, 0.15) is 23.2 Å². The molecule has 5 heteroatoms. The Balaban J connectivity index is 1.52. The van der Waals surface area contributed by atoms with Gasteiger partial charge < -0.3 is 14.6 Å². The predicted molar refractivity (Wildman–Crippen MR) is 74.4 cm³/mol. The van der Waals surface area contributed by atoms with E-state index in [0.717, 1.165) is 30.5 Å². The highest BCUT2D eigenvalue weighted by molar-refractivity contribution is 5.97. The first-order valence-corrected chi connectivity index (χ1v) is 7.06. The summed E-state index contributed by atoms with van der Waals surface area (Å²) in [6.07, 6.45) is 4.15. The highest BCUT2D eigenvalue weighted by atomic mass is 16.5. The van der Waals surface area contributed by atoms with Gasteiger partial charge in [-0.05, 0) is 31.0 Å². The highest BCUT2D eigenvalue weighted by Gasteiger charge is 2.45. The zero-order valence-electron chi connectivity index (χ0n) is 11.4. The molecule has 3 atom stereocenters. The maximum Gasteiger partial charge on any atom is 0.251 e. The SMILES string of the molecule is Cn1cnc2cc(C(=O)N[C@@H]3C[C@H]4OCC[C@@H]34)ccc21. The maximum atomic E-state index is 12.3. The third-order valence-electron chi connectivity index (χ3n) is 4.57. The minimum Gasteiger partial charge on any atom is -0.378 e. The largest absolute Gasteiger partial charge is 0.378 e. The molecule has 0 bridgehead atoms. The number of fused-ring (bicyclic) bond motifs is 2. The van der Waals surface area contributed by atoms with Crippen LogP contribution in [-0.4, -0.2) is 34.2 Å². The number of benzene rings is 1. The average Bonchev–Trinajstić information content (AvgIpc) is 2.99. The van der Waals surface area contributed by atoms with Crippen LogP contribution >= 0.6 is 0 Å². The maximum absolute atomic E-state index is 12.3. The first-order valence-electron chi connectivity index (χ1n) is 7.06. The molecule has 2 fully saturated rings. The van der Waals surface area contributed by atoms with Crippen molar-refractivity contribution in [3.63, 3.8) is 0 Å². The lowest BCUT2D eigenvalue weighted by atomic mass is 9.76. The molecule has 1 aliphatic carbocycles. The van der Waals surface area contributed by atoms with Crippen molar-refractivity contribution in [1.82, 2.24) is 14.9 Å². The Morgan fingerprint density at radius 2 is 2.40 bits per heavy atom. The van der Waals surface area contributed by atoms with Gasteiger partial charge >= 0.3 is 0 Å². The fraction of sp³-hybridized carbons (Fsp3) is 0.467. The zero-order chi connectivity index (χ0) is 13.7. The molecule has 1 amide bonds. The van der Waals surface area contributed by atoms with Crippen LogP contribution in [0.5, 0.6) is 0 Å². The number of hydrogen-bond donors (Lipinski definition) is 1. The number of carbonyl (C=O) groups is 1. The minimum atomic E-state index is -0.00657. The third-order valence-corrected chi connectivity index (χ3v) is 4.57. The van der Waals surface area contributed by atoms with Crippen molar-refractivity contribution in [2.75, 3.05) is 6.61 Å². The van der Waals surface area contributed by atoms with E-state index in [1.54, 1.807) is 6.33 Å². The molecule has 1 aromatic heterocycles. The third kappa shape index (κ3) is 1.73. The summed E-state index contributed by atoms with van der Waals surface area (Å²) in [5.41, 5.74) is 2.57. The van der Waals surface area contributed by atoms with Crippen molar-refractivity contribution in [2.45, 2.75) is 25.0 Å². The van der Waals surface area contributed by atoms with Crippen molar-refractivity contribution < 1.29 is 9.53 Å². The normalized spacial score (nSPS) is 28.1. The van der Waals surface area contributed by atoms with Crippen LogP contribution in [0.3, 0.4) is 0 Å². The second kappa shape index (κ2) is 4.31. The lowest BCUT2D eigenvalue weighted by Crippen LogP contribution is -2.53. The summed E-state index contributed by atoms with van der Waals surface area (Å²) < 4.78 is 7.51. The summed E-state index contributed by atoms with van der Waals surface area (Å²) in [6.45, 7) is 0.835. The number of hydrogen-bond acceptors (Lipinski definition) is 3. The van der Waals surface area contributed by atoms with Gasteiger partial charge in [0.25, 0.3) is 5.91 Å². The fourth-order valence-corrected chi connectivity index (χ4v) is 3.29. The van der Waals surface area contributed by atoms with Crippen molar-refractivity contribution in [2.24, 2.45) is 13.0 Å². The zero-order valence-corrected chi connectivity index (χ0v) is 11.4.